The summed E-state index contributed by atoms with van der Waals surface area (Å²) < 4.78 is 18.7. The molecule has 1 aliphatic heterocycles. The summed E-state index contributed by atoms with van der Waals surface area (Å²) in [7, 11) is 1.47. The summed E-state index contributed by atoms with van der Waals surface area (Å²) in [5.41, 5.74) is 7.07. The first-order valence-corrected chi connectivity index (χ1v) is 7.95. The van der Waals surface area contributed by atoms with Gasteiger partial charge in [-0.2, -0.15) is 0 Å². The van der Waals surface area contributed by atoms with E-state index in [1.165, 1.54) is 38.9 Å². The van der Waals surface area contributed by atoms with Crippen LogP contribution in [-0.2, 0) is 0 Å². The van der Waals surface area contributed by atoms with Crippen LogP contribution >= 0.6 is 0 Å². The minimum Gasteiger partial charge on any atom is -0.494 e. The van der Waals surface area contributed by atoms with Gasteiger partial charge in [-0.15, -0.1) is 0 Å². The molecule has 4 heteroatoms. The highest BCUT2D eigenvalue weighted by molar-refractivity contribution is 5.31. The quantitative estimate of drug-likeness (QED) is 0.874. The topological polar surface area (TPSA) is 38.5 Å². The van der Waals surface area contributed by atoms with Crippen molar-refractivity contribution in [2.45, 2.75) is 38.6 Å². The number of hydrogen-bond acceptors (Lipinski definition) is 3. The third-order valence-electron chi connectivity index (χ3n) is 4.46. The second-order valence-corrected chi connectivity index (χ2v) is 6.03. The van der Waals surface area contributed by atoms with Crippen molar-refractivity contribution in [3.8, 4) is 5.75 Å². The van der Waals surface area contributed by atoms with Gasteiger partial charge in [-0.1, -0.05) is 25.8 Å². The fourth-order valence-corrected chi connectivity index (χ4v) is 3.16. The zero-order chi connectivity index (χ0) is 15.2. The molecule has 118 valence electrons. The Bertz CT molecular complexity index is 444. The average molecular weight is 294 g/mol. The molecular weight excluding hydrogens is 267 g/mol. The number of halogens is 1. The van der Waals surface area contributed by atoms with Crippen LogP contribution in [0.25, 0.3) is 0 Å². The number of nitrogens with zero attached hydrogens (tertiary/aromatic N) is 1. The van der Waals surface area contributed by atoms with Crippen LogP contribution in [0.15, 0.2) is 18.2 Å². The smallest absolute Gasteiger partial charge is 0.165 e. The fraction of sp³-hybridized carbons (Fsp3) is 0.647. The molecular formula is C17H27FN2O. The lowest BCUT2D eigenvalue weighted by Crippen LogP contribution is -2.38. The summed E-state index contributed by atoms with van der Waals surface area (Å²) in [6.45, 7) is 5.26. The molecule has 1 heterocycles. The van der Waals surface area contributed by atoms with Gasteiger partial charge in [0.05, 0.1) is 7.11 Å². The van der Waals surface area contributed by atoms with Crippen LogP contribution in [0.2, 0.25) is 0 Å². The van der Waals surface area contributed by atoms with E-state index in [0.717, 1.165) is 31.1 Å². The maximum Gasteiger partial charge on any atom is 0.165 e. The van der Waals surface area contributed by atoms with E-state index in [1.807, 2.05) is 6.07 Å². The first-order valence-electron chi connectivity index (χ1n) is 7.95. The van der Waals surface area contributed by atoms with Crippen molar-refractivity contribution < 1.29 is 9.13 Å². The van der Waals surface area contributed by atoms with Gasteiger partial charge in [0, 0.05) is 12.6 Å². The highest BCUT2D eigenvalue weighted by Gasteiger charge is 2.20. The van der Waals surface area contributed by atoms with Gasteiger partial charge in [0.25, 0.3) is 0 Å². The Kier molecular flexibility index (Phi) is 6.00. The number of likely N-dealkylation sites (tertiary alicyclic amines) is 1. The van der Waals surface area contributed by atoms with Crippen LogP contribution < -0.4 is 10.5 Å². The normalized spacial score (nSPS) is 18.7. The number of nitrogens with two attached hydrogens (primary N) is 1. The van der Waals surface area contributed by atoms with Crippen molar-refractivity contribution in [2.24, 2.45) is 11.7 Å². The summed E-state index contributed by atoms with van der Waals surface area (Å²) >= 11 is 0. The second-order valence-electron chi connectivity index (χ2n) is 6.03. The van der Waals surface area contributed by atoms with Crippen molar-refractivity contribution in [3.63, 3.8) is 0 Å². The Labute approximate surface area is 127 Å². The van der Waals surface area contributed by atoms with Crippen LogP contribution in [-0.4, -0.2) is 31.6 Å². The van der Waals surface area contributed by atoms with E-state index in [4.69, 9.17) is 10.5 Å². The first-order chi connectivity index (χ1) is 10.1. The number of rotatable bonds is 6. The molecule has 2 rings (SSSR count). The number of benzene rings is 1. The predicted octanol–water partition coefficient (Wildman–Crippen LogP) is 3.35. The zero-order valence-corrected chi connectivity index (χ0v) is 13.1. The Hall–Kier alpha value is -1.13. The molecule has 0 radical (unpaired) electrons. The maximum atomic E-state index is 13.7. The van der Waals surface area contributed by atoms with Crippen molar-refractivity contribution in [1.82, 2.24) is 4.90 Å². The molecule has 1 aromatic rings. The van der Waals surface area contributed by atoms with Gasteiger partial charge in [0.1, 0.15) is 0 Å². The molecule has 1 fully saturated rings. The number of methoxy groups -OCH3 is 1. The molecule has 0 aliphatic carbocycles. The van der Waals surface area contributed by atoms with E-state index in [0.29, 0.717) is 0 Å². The molecule has 1 saturated heterocycles. The monoisotopic (exact) mass is 294 g/mol. The van der Waals surface area contributed by atoms with E-state index in [9.17, 15) is 4.39 Å². The predicted molar refractivity (Wildman–Crippen MR) is 84.0 cm³/mol. The molecule has 0 amide bonds. The van der Waals surface area contributed by atoms with Crippen LogP contribution in [0.1, 0.15) is 44.2 Å². The summed E-state index contributed by atoms with van der Waals surface area (Å²) in [4.78, 5) is 2.40. The molecule has 0 spiro atoms. The van der Waals surface area contributed by atoms with E-state index < -0.39 is 0 Å². The third-order valence-corrected chi connectivity index (χ3v) is 4.46. The lowest BCUT2D eigenvalue weighted by molar-refractivity contribution is 0.170. The highest BCUT2D eigenvalue weighted by Crippen LogP contribution is 2.25. The van der Waals surface area contributed by atoms with Crippen molar-refractivity contribution in [3.05, 3.63) is 29.6 Å². The molecule has 0 bridgehead atoms. The standard InChI is InChI=1S/C17H27FN2O/c1-3-4-13-7-9-20(10-8-13)12-16(19)14-5-6-17(21-2)15(18)11-14/h5-6,11,13,16H,3-4,7-10,12,19H2,1-2H3. The second kappa shape index (κ2) is 7.76. The summed E-state index contributed by atoms with van der Waals surface area (Å²) in [5.74, 6) is 0.805. The van der Waals surface area contributed by atoms with E-state index in [1.54, 1.807) is 6.07 Å². The molecule has 1 atom stereocenters. The average Bonchev–Trinajstić information content (AvgIpc) is 2.49. The van der Waals surface area contributed by atoms with Crippen LogP contribution in [0, 0.1) is 11.7 Å². The minimum atomic E-state index is -0.341. The Morgan fingerprint density at radius 2 is 2.10 bits per heavy atom. The molecule has 1 aliphatic rings. The third kappa shape index (κ3) is 4.42. The molecule has 1 unspecified atom stereocenters. The Balaban J connectivity index is 1.87. The minimum absolute atomic E-state index is 0.145. The fourth-order valence-electron chi connectivity index (χ4n) is 3.16. The van der Waals surface area contributed by atoms with Crippen LogP contribution in [0.3, 0.4) is 0 Å². The van der Waals surface area contributed by atoms with Gasteiger partial charge in [0.15, 0.2) is 11.6 Å². The maximum absolute atomic E-state index is 13.7. The first kappa shape index (κ1) is 16.2. The Morgan fingerprint density at radius 1 is 1.38 bits per heavy atom. The SMILES string of the molecule is CCCC1CCN(CC(N)c2ccc(OC)c(F)c2)CC1. The van der Waals surface area contributed by atoms with Gasteiger partial charge >= 0.3 is 0 Å². The van der Waals surface area contributed by atoms with Gasteiger partial charge in [0.2, 0.25) is 0 Å². The summed E-state index contributed by atoms with van der Waals surface area (Å²) in [6.07, 6.45) is 5.13. The van der Waals surface area contributed by atoms with E-state index >= 15 is 0 Å². The van der Waals surface area contributed by atoms with Crippen molar-refractivity contribution >= 4 is 0 Å². The van der Waals surface area contributed by atoms with Crippen LogP contribution in [0.4, 0.5) is 4.39 Å². The number of piperidine rings is 1. The molecule has 21 heavy (non-hydrogen) atoms. The summed E-state index contributed by atoms with van der Waals surface area (Å²) in [5, 5.41) is 0. The molecule has 2 N–H and O–H groups in total. The van der Waals surface area contributed by atoms with E-state index in [2.05, 4.69) is 11.8 Å². The van der Waals surface area contributed by atoms with Gasteiger partial charge in [-0.05, 0) is 49.5 Å². The molecule has 1 aromatic carbocycles. The van der Waals surface area contributed by atoms with Crippen LogP contribution in [0.5, 0.6) is 5.75 Å². The van der Waals surface area contributed by atoms with E-state index in [-0.39, 0.29) is 17.6 Å². The largest absolute Gasteiger partial charge is 0.494 e. The highest BCUT2D eigenvalue weighted by atomic mass is 19.1. The summed E-state index contributed by atoms with van der Waals surface area (Å²) in [6, 6.07) is 4.86. The van der Waals surface area contributed by atoms with Crippen molar-refractivity contribution in [1.29, 1.82) is 0 Å². The number of hydrogen-bond donors (Lipinski definition) is 1. The Morgan fingerprint density at radius 3 is 2.67 bits per heavy atom. The van der Waals surface area contributed by atoms with Gasteiger partial charge < -0.3 is 15.4 Å². The van der Waals surface area contributed by atoms with Gasteiger partial charge in [-0.25, -0.2) is 4.39 Å². The zero-order valence-electron chi connectivity index (χ0n) is 13.1. The lowest BCUT2D eigenvalue weighted by Gasteiger charge is -2.33. The molecule has 3 nitrogen and oxygen atoms in total. The van der Waals surface area contributed by atoms with Crippen molar-refractivity contribution in [2.75, 3.05) is 26.7 Å². The number of ether oxygens (including phenoxy) is 1. The van der Waals surface area contributed by atoms with Gasteiger partial charge in [-0.3, -0.25) is 0 Å². The molecule has 0 saturated carbocycles. The molecule has 0 aromatic heterocycles. The lowest BCUT2D eigenvalue weighted by atomic mass is 9.92.